The number of rotatable bonds is 4. The second-order valence-corrected chi connectivity index (χ2v) is 6.84. The first-order valence-corrected chi connectivity index (χ1v) is 9.04. The van der Waals surface area contributed by atoms with Crippen LogP contribution < -0.4 is 10.0 Å². The highest BCUT2D eigenvalue weighted by atomic mass is 31.1. The van der Waals surface area contributed by atoms with Crippen LogP contribution in [0.1, 0.15) is 5.56 Å². The lowest BCUT2D eigenvalue weighted by Crippen LogP contribution is -2.02. The number of pyridine rings is 1. The summed E-state index contributed by atoms with van der Waals surface area (Å²) in [5.41, 5.74) is 4.11. The molecule has 124 valence electrons. The van der Waals surface area contributed by atoms with Gasteiger partial charge in [-0.1, -0.05) is 12.1 Å². The summed E-state index contributed by atoms with van der Waals surface area (Å²) in [6, 6.07) is 17.1. The Kier molecular flexibility index (Phi) is 3.96. The number of fused-ring (bicyclic) bond motifs is 3. The van der Waals surface area contributed by atoms with Crippen LogP contribution in [-0.4, -0.2) is 21.6 Å². The number of hydrogen-bond donors (Lipinski definition) is 1. The van der Waals surface area contributed by atoms with Gasteiger partial charge >= 0.3 is 8.03 Å². The summed E-state index contributed by atoms with van der Waals surface area (Å²) in [4.78, 5) is 13.7. The van der Waals surface area contributed by atoms with E-state index in [9.17, 15) is 9.46 Å². The van der Waals surface area contributed by atoms with Crippen molar-refractivity contribution in [3.05, 3.63) is 66.4 Å². The molecule has 5 nitrogen and oxygen atoms in total. The van der Waals surface area contributed by atoms with Crippen LogP contribution in [-0.2, 0) is 11.1 Å². The van der Waals surface area contributed by atoms with Gasteiger partial charge in [0, 0.05) is 18.1 Å². The first kappa shape index (κ1) is 15.8. The van der Waals surface area contributed by atoms with E-state index < -0.39 is 8.03 Å². The predicted octanol–water partition coefficient (Wildman–Crippen LogP) is 3.61. The van der Waals surface area contributed by atoms with E-state index in [2.05, 4.69) is 9.55 Å². The average molecular weight is 351 g/mol. The molecule has 0 saturated heterocycles. The van der Waals surface area contributed by atoms with Gasteiger partial charge in [-0.15, -0.1) is 0 Å². The molecule has 4 rings (SSSR count). The zero-order valence-electron chi connectivity index (χ0n) is 13.6. The monoisotopic (exact) mass is 351 g/mol. The summed E-state index contributed by atoms with van der Waals surface area (Å²) in [5.74, 6) is 0.799. The van der Waals surface area contributed by atoms with E-state index in [0.29, 0.717) is 11.8 Å². The second-order valence-electron chi connectivity index (χ2n) is 5.78. The van der Waals surface area contributed by atoms with Crippen molar-refractivity contribution in [1.29, 1.82) is 0 Å². The van der Waals surface area contributed by atoms with E-state index in [4.69, 9.17) is 4.74 Å². The Morgan fingerprint density at radius 3 is 2.64 bits per heavy atom. The summed E-state index contributed by atoms with van der Waals surface area (Å²) in [7, 11) is -0.647. The summed E-state index contributed by atoms with van der Waals surface area (Å²) in [6.07, 6.45) is 1.79. The quantitative estimate of drug-likeness (QED) is 0.571. The lowest BCUT2D eigenvalue weighted by molar-refractivity contribution is 0.415. The van der Waals surface area contributed by atoms with Gasteiger partial charge < -0.3 is 9.30 Å². The van der Waals surface area contributed by atoms with E-state index in [1.165, 1.54) is 0 Å². The molecule has 4 aromatic rings. The molecule has 0 aliphatic rings. The van der Waals surface area contributed by atoms with E-state index in [1.54, 1.807) is 25.4 Å². The van der Waals surface area contributed by atoms with Crippen molar-refractivity contribution in [2.75, 3.05) is 7.11 Å². The molecule has 1 unspecified atom stereocenters. The van der Waals surface area contributed by atoms with Crippen LogP contribution in [0.25, 0.3) is 21.9 Å². The van der Waals surface area contributed by atoms with Crippen molar-refractivity contribution < 1.29 is 14.2 Å². The third kappa shape index (κ3) is 2.78. The van der Waals surface area contributed by atoms with E-state index in [0.717, 1.165) is 33.2 Å². The molecule has 1 N–H and O–H groups in total. The van der Waals surface area contributed by atoms with Crippen LogP contribution in [0.3, 0.4) is 0 Å². The molecule has 25 heavy (non-hydrogen) atoms. The van der Waals surface area contributed by atoms with Crippen molar-refractivity contribution >= 4 is 35.3 Å². The highest BCUT2D eigenvalue weighted by molar-refractivity contribution is 7.47. The summed E-state index contributed by atoms with van der Waals surface area (Å²) in [5, 5.41) is 1.48. The Labute approximate surface area is 145 Å². The van der Waals surface area contributed by atoms with Crippen LogP contribution >= 0.6 is 8.03 Å². The molecule has 6 heteroatoms. The van der Waals surface area contributed by atoms with Crippen LogP contribution in [0.4, 0.5) is 0 Å². The maximum absolute atomic E-state index is 11.2. The van der Waals surface area contributed by atoms with Gasteiger partial charge in [-0.3, -0.25) is 4.98 Å². The normalized spacial score (nSPS) is 11.8. The van der Waals surface area contributed by atoms with Gasteiger partial charge in [0.25, 0.3) is 0 Å². The molecular formula is C19H16N2O3P+. The summed E-state index contributed by atoms with van der Waals surface area (Å²) >= 11 is 0. The van der Waals surface area contributed by atoms with E-state index in [-0.39, 0.29) is 0 Å². The molecule has 0 bridgehead atoms. The maximum atomic E-state index is 11.2. The van der Waals surface area contributed by atoms with Gasteiger partial charge in [-0.05, 0) is 52.6 Å². The Hall–Kier alpha value is -2.75. The van der Waals surface area contributed by atoms with E-state index >= 15 is 0 Å². The SMILES string of the molecule is COc1ccc2c(c1)c1ncccc1n2Cc1ccc([P+](=O)O)cc1. The van der Waals surface area contributed by atoms with Gasteiger partial charge in [-0.2, -0.15) is 4.89 Å². The molecule has 2 heterocycles. The van der Waals surface area contributed by atoms with Crippen LogP contribution in [0.2, 0.25) is 0 Å². The molecule has 1 atom stereocenters. The molecule has 2 aromatic heterocycles. The highest BCUT2D eigenvalue weighted by Gasteiger charge is 2.16. The Balaban J connectivity index is 1.86. The summed E-state index contributed by atoms with van der Waals surface area (Å²) in [6.45, 7) is 0.653. The average Bonchev–Trinajstić information content (AvgIpc) is 2.95. The number of methoxy groups -OCH3 is 1. The van der Waals surface area contributed by atoms with E-state index in [1.807, 2.05) is 42.5 Å². The fraction of sp³-hybridized carbons (Fsp3) is 0.105. The molecular weight excluding hydrogens is 335 g/mol. The topological polar surface area (TPSA) is 64.4 Å². The fourth-order valence-electron chi connectivity index (χ4n) is 3.10. The smallest absolute Gasteiger partial charge is 0.497 e. The predicted molar refractivity (Wildman–Crippen MR) is 98.8 cm³/mol. The van der Waals surface area contributed by atoms with Gasteiger partial charge in [0.05, 0.1) is 23.7 Å². The molecule has 0 aliphatic carbocycles. The van der Waals surface area contributed by atoms with Crippen LogP contribution in [0.15, 0.2) is 60.8 Å². The second kappa shape index (κ2) is 6.28. The van der Waals surface area contributed by atoms with Gasteiger partial charge in [0.15, 0.2) is 0 Å². The molecule has 0 aliphatic heterocycles. The zero-order valence-corrected chi connectivity index (χ0v) is 14.5. The largest absolute Gasteiger partial charge is 0.546 e. The molecule has 0 saturated carbocycles. The minimum atomic E-state index is -2.30. The third-order valence-corrected chi connectivity index (χ3v) is 5.06. The molecule has 2 aromatic carbocycles. The maximum Gasteiger partial charge on any atom is 0.546 e. The summed E-state index contributed by atoms with van der Waals surface area (Å²) < 4.78 is 18.7. The number of nitrogens with zero attached hydrogens (tertiary/aromatic N) is 2. The zero-order chi connectivity index (χ0) is 17.4. The molecule has 0 amide bonds. The van der Waals surface area contributed by atoms with Gasteiger partial charge in [-0.25, -0.2) is 0 Å². The van der Waals surface area contributed by atoms with Gasteiger partial charge in [0.2, 0.25) is 5.30 Å². The minimum Gasteiger partial charge on any atom is -0.497 e. The lowest BCUT2D eigenvalue weighted by atomic mass is 10.2. The Morgan fingerprint density at radius 2 is 1.92 bits per heavy atom. The van der Waals surface area contributed by atoms with Crippen molar-refractivity contribution in [2.45, 2.75) is 6.54 Å². The van der Waals surface area contributed by atoms with Gasteiger partial charge in [0.1, 0.15) is 5.75 Å². The molecule has 0 fully saturated rings. The fourth-order valence-corrected chi connectivity index (χ4v) is 3.50. The first-order valence-electron chi connectivity index (χ1n) is 7.83. The first-order chi connectivity index (χ1) is 12.2. The van der Waals surface area contributed by atoms with Crippen molar-refractivity contribution in [3.8, 4) is 5.75 Å². The minimum absolute atomic E-state index is 0.437. The van der Waals surface area contributed by atoms with Crippen LogP contribution in [0, 0.1) is 0 Å². The van der Waals surface area contributed by atoms with Crippen molar-refractivity contribution in [3.63, 3.8) is 0 Å². The van der Waals surface area contributed by atoms with Crippen molar-refractivity contribution in [1.82, 2.24) is 9.55 Å². The van der Waals surface area contributed by atoms with Crippen molar-refractivity contribution in [2.24, 2.45) is 0 Å². The number of hydrogen-bond acceptors (Lipinski definition) is 3. The lowest BCUT2D eigenvalue weighted by Gasteiger charge is -2.07. The highest BCUT2D eigenvalue weighted by Crippen LogP contribution is 2.31. The third-order valence-electron chi connectivity index (χ3n) is 4.32. The Morgan fingerprint density at radius 1 is 1.12 bits per heavy atom. The molecule has 0 radical (unpaired) electrons. The number of benzene rings is 2. The molecule has 0 spiro atoms. The number of aromatic nitrogens is 2. The van der Waals surface area contributed by atoms with Crippen LogP contribution in [0.5, 0.6) is 5.75 Å². The Bertz CT molecular complexity index is 1090. The number of ether oxygens (including phenoxy) is 1. The standard InChI is InChI=1S/C19H15N2O3P/c1-24-14-6-9-17-16(11-14)19-18(3-2-10-20-19)21(17)12-13-4-7-15(8-5-13)25(22)23/h2-11H,12H2,1H3/p+1.